The minimum atomic E-state index is -0.0843. The first kappa shape index (κ1) is 18.2. The number of nitrogens with zero attached hydrogens (tertiary/aromatic N) is 2. The molecule has 1 aromatic heterocycles. The van der Waals surface area contributed by atoms with Crippen LogP contribution in [0.15, 0.2) is 41.8 Å². The molecule has 128 valence electrons. The van der Waals surface area contributed by atoms with E-state index in [0.717, 1.165) is 13.1 Å². The zero-order chi connectivity index (χ0) is 17.5. The van der Waals surface area contributed by atoms with Crippen molar-refractivity contribution in [1.82, 2.24) is 9.80 Å². The first-order valence-electron chi connectivity index (χ1n) is 7.86. The van der Waals surface area contributed by atoms with Crippen molar-refractivity contribution in [2.75, 3.05) is 32.5 Å². The summed E-state index contributed by atoms with van der Waals surface area (Å²) in [6.07, 6.45) is 0. The average molecular weight is 345 g/mol. The molecule has 0 aliphatic rings. The highest BCUT2D eigenvalue weighted by atomic mass is 32.1. The van der Waals surface area contributed by atoms with Gasteiger partial charge in [0.05, 0.1) is 6.54 Å². The normalized spacial score (nSPS) is 10.7. The minimum Gasteiger partial charge on any atom is -0.345 e. The first-order valence-corrected chi connectivity index (χ1v) is 8.74. The van der Waals surface area contributed by atoms with Crippen LogP contribution in [0.3, 0.4) is 0 Å². The highest BCUT2D eigenvalue weighted by Crippen LogP contribution is 2.14. The predicted molar refractivity (Wildman–Crippen MR) is 98.4 cm³/mol. The average Bonchev–Trinajstić information content (AvgIpc) is 3.06. The Bertz CT molecular complexity index is 683. The third-order valence-corrected chi connectivity index (χ3v) is 4.43. The van der Waals surface area contributed by atoms with Crippen LogP contribution in [-0.4, -0.2) is 48.8 Å². The molecular weight excluding hydrogens is 322 g/mol. The Morgan fingerprint density at radius 1 is 1.17 bits per heavy atom. The van der Waals surface area contributed by atoms with Gasteiger partial charge in [-0.15, -0.1) is 11.3 Å². The Labute approximate surface area is 146 Å². The van der Waals surface area contributed by atoms with Crippen molar-refractivity contribution in [2.45, 2.75) is 13.5 Å². The van der Waals surface area contributed by atoms with Crippen molar-refractivity contribution in [3.05, 3.63) is 52.2 Å². The highest BCUT2D eigenvalue weighted by molar-refractivity contribution is 7.09. The fourth-order valence-electron chi connectivity index (χ4n) is 2.29. The van der Waals surface area contributed by atoms with Crippen LogP contribution >= 0.6 is 11.3 Å². The predicted octanol–water partition coefficient (Wildman–Crippen LogP) is 2.91. The van der Waals surface area contributed by atoms with Gasteiger partial charge >= 0.3 is 0 Å². The summed E-state index contributed by atoms with van der Waals surface area (Å²) in [5, 5.41) is 4.91. The summed E-state index contributed by atoms with van der Waals surface area (Å²) < 4.78 is 0. The first-order chi connectivity index (χ1) is 11.5. The highest BCUT2D eigenvalue weighted by Gasteiger charge is 2.12. The molecule has 0 aliphatic carbocycles. The van der Waals surface area contributed by atoms with Crippen LogP contribution in [-0.2, 0) is 11.3 Å². The van der Waals surface area contributed by atoms with Gasteiger partial charge in [0, 0.05) is 36.8 Å². The van der Waals surface area contributed by atoms with Crippen LogP contribution in [0.4, 0.5) is 5.69 Å². The Hall–Kier alpha value is -2.18. The van der Waals surface area contributed by atoms with E-state index in [9.17, 15) is 9.59 Å². The van der Waals surface area contributed by atoms with Gasteiger partial charge < -0.3 is 10.2 Å². The van der Waals surface area contributed by atoms with Gasteiger partial charge in [-0.2, -0.15) is 0 Å². The van der Waals surface area contributed by atoms with Gasteiger partial charge in [0.15, 0.2) is 0 Å². The van der Waals surface area contributed by atoms with Crippen LogP contribution in [0.5, 0.6) is 0 Å². The molecule has 2 amide bonds. The number of hydrogen-bond acceptors (Lipinski definition) is 4. The van der Waals surface area contributed by atoms with Crippen molar-refractivity contribution in [3.63, 3.8) is 0 Å². The van der Waals surface area contributed by atoms with Crippen LogP contribution in [0.1, 0.15) is 22.2 Å². The summed E-state index contributed by atoms with van der Waals surface area (Å²) in [7, 11) is 3.41. The Morgan fingerprint density at radius 3 is 2.58 bits per heavy atom. The topological polar surface area (TPSA) is 52.7 Å². The third kappa shape index (κ3) is 5.18. The second kappa shape index (κ2) is 8.61. The van der Waals surface area contributed by atoms with Crippen LogP contribution in [0.2, 0.25) is 0 Å². The van der Waals surface area contributed by atoms with Crippen molar-refractivity contribution in [2.24, 2.45) is 0 Å². The van der Waals surface area contributed by atoms with Crippen LogP contribution in [0, 0.1) is 0 Å². The molecule has 1 heterocycles. The van der Waals surface area contributed by atoms with E-state index in [1.807, 2.05) is 18.4 Å². The molecule has 0 spiro atoms. The summed E-state index contributed by atoms with van der Waals surface area (Å²) >= 11 is 1.69. The largest absolute Gasteiger partial charge is 0.345 e. The van der Waals surface area contributed by atoms with E-state index in [4.69, 9.17) is 0 Å². The van der Waals surface area contributed by atoms with E-state index < -0.39 is 0 Å². The van der Waals surface area contributed by atoms with E-state index >= 15 is 0 Å². The van der Waals surface area contributed by atoms with E-state index in [1.165, 1.54) is 9.78 Å². The molecule has 0 fully saturated rings. The van der Waals surface area contributed by atoms with Gasteiger partial charge in [0.1, 0.15) is 0 Å². The van der Waals surface area contributed by atoms with Gasteiger partial charge in [-0.25, -0.2) is 0 Å². The number of benzene rings is 1. The Balaban J connectivity index is 1.96. The number of carbonyl (C=O) groups is 2. The number of rotatable bonds is 7. The van der Waals surface area contributed by atoms with Gasteiger partial charge in [0.25, 0.3) is 5.91 Å². The van der Waals surface area contributed by atoms with Gasteiger partial charge in [-0.1, -0.05) is 19.1 Å². The second-order valence-corrected chi connectivity index (χ2v) is 6.74. The van der Waals surface area contributed by atoms with Gasteiger partial charge in [0.2, 0.25) is 5.91 Å². The number of carbonyl (C=O) groups excluding carboxylic acids is 2. The Morgan fingerprint density at radius 2 is 1.96 bits per heavy atom. The standard InChI is InChI=1S/C18H23N3O2S/c1-4-21(12-16-9-6-10-24-16)13-17(22)19-15-8-5-7-14(11-15)18(23)20(2)3/h5-11H,4,12-13H2,1-3H3,(H,19,22). The van der Waals surface area contributed by atoms with Gasteiger partial charge in [-0.05, 0) is 36.2 Å². The fraction of sp³-hybridized carbons (Fsp3) is 0.333. The molecule has 0 saturated carbocycles. The lowest BCUT2D eigenvalue weighted by Gasteiger charge is -2.19. The van der Waals surface area contributed by atoms with Crippen molar-refractivity contribution in [1.29, 1.82) is 0 Å². The number of amides is 2. The maximum Gasteiger partial charge on any atom is 0.253 e. The number of anilines is 1. The molecule has 24 heavy (non-hydrogen) atoms. The molecule has 0 aliphatic heterocycles. The fourth-order valence-corrected chi connectivity index (χ4v) is 3.04. The molecule has 1 aromatic carbocycles. The van der Waals surface area contributed by atoms with Crippen LogP contribution < -0.4 is 5.32 Å². The molecule has 5 nitrogen and oxygen atoms in total. The molecule has 6 heteroatoms. The number of thiophene rings is 1. The lowest BCUT2D eigenvalue weighted by Crippen LogP contribution is -2.32. The summed E-state index contributed by atoms with van der Waals surface area (Å²) in [4.78, 5) is 29.1. The number of likely N-dealkylation sites (N-methyl/N-ethyl adjacent to an activating group) is 1. The maximum atomic E-state index is 12.3. The SMILES string of the molecule is CCN(CC(=O)Nc1cccc(C(=O)N(C)C)c1)Cc1cccs1. The zero-order valence-electron chi connectivity index (χ0n) is 14.3. The Kier molecular flexibility index (Phi) is 6.52. The summed E-state index contributed by atoms with van der Waals surface area (Å²) in [5.41, 5.74) is 1.20. The maximum absolute atomic E-state index is 12.3. The monoisotopic (exact) mass is 345 g/mol. The molecule has 0 saturated heterocycles. The van der Waals surface area contributed by atoms with Gasteiger partial charge in [-0.3, -0.25) is 14.5 Å². The molecule has 0 radical (unpaired) electrons. The van der Waals surface area contributed by atoms with E-state index in [1.54, 1.807) is 49.7 Å². The molecule has 0 atom stereocenters. The number of hydrogen-bond donors (Lipinski definition) is 1. The van der Waals surface area contributed by atoms with E-state index in [-0.39, 0.29) is 11.8 Å². The molecule has 1 N–H and O–H groups in total. The lowest BCUT2D eigenvalue weighted by atomic mass is 10.2. The summed E-state index contributed by atoms with van der Waals surface area (Å²) in [6.45, 7) is 3.92. The smallest absolute Gasteiger partial charge is 0.253 e. The molecule has 0 unspecified atom stereocenters. The minimum absolute atomic E-state index is 0.0807. The molecule has 2 aromatic rings. The summed E-state index contributed by atoms with van der Waals surface area (Å²) in [6, 6.07) is 11.1. The van der Waals surface area contributed by atoms with Crippen molar-refractivity contribution < 1.29 is 9.59 Å². The van der Waals surface area contributed by atoms with E-state index in [0.29, 0.717) is 17.8 Å². The second-order valence-electron chi connectivity index (χ2n) is 5.71. The third-order valence-electron chi connectivity index (χ3n) is 3.57. The lowest BCUT2D eigenvalue weighted by molar-refractivity contribution is -0.117. The molecule has 2 rings (SSSR count). The zero-order valence-corrected chi connectivity index (χ0v) is 15.1. The van der Waals surface area contributed by atoms with Crippen LogP contribution in [0.25, 0.3) is 0 Å². The molecular formula is C18H23N3O2S. The quantitative estimate of drug-likeness (QED) is 0.839. The van der Waals surface area contributed by atoms with Crippen molar-refractivity contribution >= 4 is 28.8 Å². The molecule has 0 bridgehead atoms. The summed E-state index contributed by atoms with van der Waals surface area (Å²) in [5.74, 6) is -0.165. The van der Waals surface area contributed by atoms with Crippen molar-refractivity contribution in [3.8, 4) is 0 Å². The van der Waals surface area contributed by atoms with E-state index in [2.05, 4.69) is 16.3 Å². The number of nitrogens with one attached hydrogen (secondary N) is 1.